The second-order valence-corrected chi connectivity index (χ2v) is 11.9. The zero-order chi connectivity index (χ0) is 22.7. The number of aromatic carboxylic acids is 1. The van der Waals surface area contributed by atoms with E-state index in [2.05, 4.69) is 45.9 Å². The summed E-state index contributed by atoms with van der Waals surface area (Å²) in [7, 11) is 0. The van der Waals surface area contributed by atoms with Crippen LogP contribution in [0.2, 0.25) is 0 Å². The van der Waals surface area contributed by atoms with E-state index in [1.54, 1.807) is 17.7 Å². The van der Waals surface area contributed by atoms with Gasteiger partial charge < -0.3 is 5.11 Å². The molecule has 0 radical (unpaired) electrons. The van der Waals surface area contributed by atoms with Crippen molar-refractivity contribution in [1.82, 2.24) is 0 Å². The van der Waals surface area contributed by atoms with Gasteiger partial charge in [-0.05, 0) is 72.0 Å². The van der Waals surface area contributed by atoms with Gasteiger partial charge in [0, 0.05) is 16.0 Å². The molecule has 5 rings (SSSR count). The topological polar surface area (TPSA) is 49.7 Å². The average molecular weight is 446 g/mol. The molecule has 0 aromatic heterocycles. The third kappa shape index (κ3) is 3.63. The number of carboxylic acid groups (broad SMARTS) is 1. The number of thioether (sulfide) groups is 1. The molecule has 4 heteroatoms. The summed E-state index contributed by atoms with van der Waals surface area (Å²) < 4.78 is 0. The molecule has 1 N–H and O–H groups in total. The minimum absolute atomic E-state index is 0.181. The third-order valence-corrected chi connectivity index (χ3v) is 9.02. The molecule has 0 spiro atoms. The number of aliphatic imine (C=N–C) groups is 1. The Hall–Kier alpha value is -2.33. The summed E-state index contributed by atoms with van der Waals surface area (Å²) in [4.78, 5) is 19.4. The first-order valence-electron chi connectivity index (χ1n) is 11.6. The summed E-state index contributed by atoms with van der Waals surface area (Å²) in [6, 6.07) is 7.21. The van der Waals surface area contributed by atoms with E-state index in [1.807, 2.05) is 23.9 Å². The SMILES string of the molecule is CC1(C)CCC(C)(C)C2CC3=C(C=C21)C(c1ccc(C(=O)O)cc1)=NC1=C(CCC=C1)S3. The van der Waals surface area contributed by atoms with Gasteiger partial charge in [0.2, 0.25) is 0 Å². The van der Waals surface area contributed by atoms with Gasteiger partial charge in [-0.1, -0.05) is 69.3 Å². The Kier molecular flexibility index (Phi) is 5.12. The fourth-order valence-corrected chi connectivity index (χ4v) is 6.76. The van der Waals surface area contributed by atoms with Crippen LogP contribution < -0.4 is 0 Å². The van der Waals surface area contributed by atoms with Crippen molar-refractivity contribution in [3.05, 3.63) is 80.3 Å². The first-order valence-corrected chi connectivity index (χ1v) is 12.4. The molecule has 0 amide bonds. The molecule has 1 aromatic carbocycles. The molecule has 0 saturated heterocycles. The van der Waals surface area contributed by atoms with Crippen molar-refractivity contribution < 1.29 is 9.90 Å². The fraction of sp³-hybridized carbons (Fsp3) is 0.429. The van der Waals surface area contributed by atoms with E-state index in [9.17, 15) is 9.90 Å². The van der Waals surface area contributed by atoms with Gasteiger partial charge in [-0.15, -0.1) is 0 Å². The first kappa shape index (κ1) is 21.5. The zero-order valence-corrected chi connectivity index (χ0v) is 20.2. The Bertz CT molecular complexity index is 1140. The zero-order valence-electron chi connectivity index (χ0n) is 19.4. The van der Waals surface area contributed by atoms with Crippen LogP contribution in [0.3, 0.4) is 0 Å². The van der Waals surface area contributed by atoms with Crippen molar-refractivity contribution in [2.24, 2.45) is 21.7 Å². The van der Waals surface area contributed by atoms with Crippen LogP contribution in [0.1, 0.15) is 75.7 Å². The lowest BCUT2D eigenvalue weighted by Gasteiger charge is -2.50. The van der Waals surface area contributed by atoms with Gasteiger partial charge >= 0.3 is 5.97 Å². The fourth-order valence-electron chi connectivity index (χ4n) is 5.51. The van der Waals surface area contributed by atoms with Crippen LogP contribution in [-0.2, 0) is 0 Å². The highest BCUT2D eigenvalue weighted by Crippen LogP contribution is 2.58. The minimum atomic E-state index is -0.899. The van der Waals surface area contributed by atoms with Crippen LogP contribution >= 0.6 is 11.8 Å². The molecule has 3 aliphatic carbocycles. The highest BCUT2D eigenvalue weighted by molar-refractivity contribution is 8.06. The minimum Gasteiger partial charge on any atom is -0.478 e. The number of carboxylic acids is 1. The number of hydrogen-bond donors (Lipinski definition) is 1. The van der Waals surface area contributed by atoms with E-state index in [4.69, 9.17) is 4.99 Å². The second-order valence-electron chi connectivity index (χ2n) is 10.8. The summed E-state index contributed by atoms with van der Waals surface area (Å²) in [5, 5.41) is 9.34. The normalized spacial score (nSPS) is 25.8. The molecule has 1 saturated carbocycles. The van der Waals surface area contributed by atoms with Crippen LogP contribution in [0, 0.1) is 16.7 Å². The molecule has 1 aromatic rings. The molecule has 4 aliphatic rings. The van der Waals surface area contributed by atoms with Crippen molar-refractivity contribution in [2.45, 2.75) is 59.8 Å². The summed E-state index contributed by atoms with van der Waals surface area (Å²) in [6.45, 7) is 9.64. The van der Waals surface area contributed by atoms with Crippen molar-refractivity contribution in [1.29, 1.82) is 0 Å². The first-order chi connectivity index (χ1) is 15.2. The van der Waals surface area contributed by atoms with Gasteiger partial charge in [0.1, 0.15) is 0 Å². The highest BCUT2D eigenvalue weighted by Gasteiger charge is 2.46. The average Bonchev–Trinajstić information content (AvgIpc) is 2.92. The van der Waals surface area contributed by atoms with Crippen LogP contribution in [-0.4, -0.2) is 16.8 Å². The van der Waals surface area contributed by atoms with Gasteiger partial charge in [-0.2, -0.15) is 0 Å². The Balaban J connectivity index is 1.68. The number of nitrogens with zero attached hydrogens (tertiary/aromatic N) is 1. The lowest BCUT2D eigenvalue weighted by atomic mass is 9.55. The number of fused-ring (bicyclic) bond motifs is 1. The summed E-state index contributed by atoms with van der Waals surface area (Å²) in [5.41, 5.74) is 6.59. The van der Waals surface area contributed by atoms with Gasteiger partial charge in [0.15, 0.2) is 0 Å². The number of benzene rings is 1. The van der Waals surface area contributed by atoms with Gasteiger partial charge in [0.05, 0.1) is 17.0 Å². The largest absolute Gasteiger partial charge is 0.478 e. The van der Waals surface area contributed by atoms with E-state index in [-0.39, 0.29) is 10.8 Å². The molecule has 1 heterocycles. The standard InChI is InChI=1S/C28H31NO2S/c1-27(2)13-14-28(3,4)21-16-24-19(15-20(21)27)25(17-9-11-18(12-10-17)26(30)31)29-22-7-5-6-8-23(22)32-24/h5,7,9-12,15,21H,6,8,13-14,16H2,1-4H3,(H,30,31). The lowest BCUT2D eigenvalue weighted by Crippen LogP contribution is -2.40. The van der Waals surface area contributed by atoms with Crippen LogP contribution in [0.25, 0.3) is 0 Å². The molecule has 1 unspecified atom stereocenters. The van der Waals surface area contributed by atoms with Crippen LogP contribution in [0.4, 0.5) is 0 Å². The molecule has 0 bridgehead atoms. The van der Waals surface area contributed by atoms with Crippen molar-refractivity contribution in [3.8, 4) is 0 Å². The molecule has 3 nitrogen and oxygen atoms in total. The maximum absolute atomic E-state index is 11.4. The summed E-state index contributed by atoms with van der Waals surface area (Å²) >= 11 is 1.94. The number of carbonyl (C=O) groups is 1. The predicted molar refractivity (Wildman–Crippen MR) is 133 cm³/mol. The van der Waals surface area contributed by atoms with Gasteiger partial charge in [-0.3, -0.25) is 0 Å². The predicted octanol–water partition coefficient (Wildman–Crippen LogP) is 7.53. The van der Waals surface area contributed by atoms with E-state index in [1.165, 1.54) is 28.2 Å². The molecular formula is C28H31NO2S. The van der Waals surface area contributed by atoms with E-state index < -0.39 is 5.97 Å². The molecular weight excluding hydrogens is 414 g/mol. The third-order valence-electron chi connectivity index (χ3n) is 7.72. The van der Waals surface area contributed by atoms with Gasteiger partial charge in [0.25, 0.3) is 0 Å². The van der Waals surface area contributed by atoms with Crippen LogP contribution in [0.15, 0.2) is 74.1 Å². The molecule has 1 aliphatic heterocycles. The lowest BCUT2D eigenvalue weighted by molar-refractivity contribution is 0.0697. The number of hydrogen-bond acceptors (Lipinski definition) is 3. The van der Waals surface area contributed by atoms with E-state index >= 15 is 0 Å². The Morgan fingerprint density at radius 2 is 1.84 bits per heavy atom. The monoisotopic (exact) mass is 445 g/mol. The molecule has 1 atom stereocenters. The summed E-state index contributed by atoms with van der Waals surface area (Å²) in [5.74, 6) is -0.349. The Morgan fingerprint density at radius 1 is 1.09 bits per heavy atom. The van der Waals surface area contributed by atoms with Crippen molar-refractivity contribution in [2.75, 3.05) is 0 Å². The summed E-state index contributed by atoms with van der Waals surface area (Å²) in [6.07, 6.45) is 12.4. The van der Waals surface area contributed by atoms with E-state index in [0.29, 0.717) is 11.5 Å². The van der Waals surface area contributed by atoms with E-state index in [0.717, 1.165) is 36.2 Å². The maximum Gasteiger partial charge on any atom is 0.335 e. The second kappa shape index (κ2) is 7.62. The quantitative estimate of drug-likeness (QED) is 0.512. The Morgan fingerprint density at radius 3 is 2.56 bits per heavy atom. The molecule has 1 fully saturated rings. The van der Waals surface area contributed by atoms with Crippen molar-refractivity contribution in [3.63, 3.8) is 0 Å². The highest BCUT2D eigenvalue weighted by atomic mass is 32.2. The maximum atomic E-state index is 11.4. The number of allylic oxidation sites excluding steroid dienone is 7. The van der Waals surface area contributed by atoms with Gasteiger partial charge in [-0.25, -0.2) is 9.79 Å². The number of rotatable bonds is 2. The Labute approximate surface area is 195 Å². The van der Waals surface area contributed by atoms with Crippen LogP contribution in [0.5, 0.6) is 0 Å². The smallest absolute Gasteiger partial charge is 0.335 e. The molecule has 166 valence electrons. The van der Waals surface area contributed by atoms with Crippen molar-refractivity contribution >= 4 is 23.4 Å². The molecule has 32 heavy (non-hydrogen) atoms.